The van der Waals surface area contributed by atoms with Gasteiger partial charge in [-0.05, 0) is 18.6 Å². The zero-order chi connectivity index (χ0) is 13.5. The van der Waals surface area contributed by atoms with E-state index >= 15 is 0 Å². The van der Waals surface area contributed by atoms with Crippen molar-refractivity contribution in [3.8, 4) is 0 Å². The summed E-state index contributed by atoms with van der Waals surface area (Å²) in [5.74, 6) is 0.859. The number of aryl methyl sites for hydroxylation is 1. The zero-order valence-corrected chi connectivity index (χ0v) is 10.6. The number of hydrogen-bond donors (Lipinski definition) is 3. The maximum atomic E-state index is 11.9. The molecular formula is C12H19N3O3. The fourth-order valence-corrected chi connectivity index (χ4v) is 1.54. The predicted molar refractivity (Wildman–Crippen MR) is 67.7 cm³/mol. The van der Waals surface area contributed by atoms with E-state index in [1.807, 2.05) is 13.8 Å². The van der Waals surface area contributed by atoms with E-state index in [4.69, 9.17) is 15.4 Å². The number of amidine groups is 1. The van der Waals surface area contributed by atoms with Gasteiger partial charge in [0, 0.05) is 18.9 Å². The zero-order valence-electron chi connectivity index (χ0n) is 10.6. The highest BCUT2D eigenvalue weighted by Crippen LogP contribution is 2.09. The van der Waals surface area contributed by atoms with Crippen molar-refractivity contribution in [2.24, 2.45) is 10.9 Å². The van der Waals surface area contributed by atoms with Gasteiger partial charge in [0.25, 0.3) is 5.91 Å². The molecule has 1 unspecified atom stereocenters. The van der Waals surface area contributed by atoms with Crippen molar-refractivity contribution in [1.29, 1.82) is 0 Å². The lowest BCUT2D eigenvalue weighted by Crippen LogP contribution is -2.37. The molecule has 1 heterocycles. The van der Waals surface area contributed by atoms with E-state index in [1.165, 1.54) is 0 Å². The predicted octanol–water partition coefficient (Wildman–Crippen LogP) is 1.49. The second-order valence-electron chi connectivity index (χ2n) is 3.99. The fraction of sp³-hybridized carbons (Fsp3) is 0.500. The van der Waals surface area contributed by atoms with Gasteiger partial charge in [0.2, 0.25) is 0 Å². The molecule has 1 amide bonds. The number of amides is 1. The molecule has 0 aromatic carbocycles. The molecule has 0 radical (unpaired) electrons. The smallest absolute Gasteiger partial charge is 0.287 e. The van der Waals surface area contributed by atoms with E-state index in [9.17, 15) is 4.79 Å². The number of nitrogens with zero attached hydrogens (tertiary/aromatic N) is 1. The van der Waals surface area contributed by atoms with Crippen molar-refractivity contribution in [3.05, 3.63) is 23.7 Å². The van der Waals surface area contributed by atoms with Gasteiger partial charge in [-0.15, -0.1) is 0 Å². The van der Waals surface area contributed by atoms with E-state index in [2.05, 4.69) is 10.5 Å². The Morgan fingerprint density at radius 1 is 1.56 bits per heavy atom. The van der Waals surface area contributed by atoms with Crippen LogP contribution in [0.5, 0.6) is 0 Å². The number of carbonyl (C=O) groups is 1. The van der Waals surface area contributed by atoms with Gasteiger partial charge < -0.3 is 20.7 Å². The van der Waals surface area contributed by atoms with Crippen LogP contribution >= 0.6 is 0 Å². The lowest BCUT2D eigenvalue weighted by molar-refractivity contribution is 0.0907. The summed E-state index contributed by atoms with van der Waals surface area (Å²) in [6.07, 6.45) is 1.73. The number of nitrogens with two attached hydrogens (primary N) is 1. The number of nitrogens with one attached hydrogen (secondary N) is 1. The average Bonchev–Trinajstić information content (AvgIpc) is 2.86. The Labute approximate surface area is 106 Å². The largest absolute Gasteiger partial charge is 0.456 e. The molecule has 6 nitrogen and oxygen atoms in total. The van der Waals surface area contributed by atoms with Crippen molar-refractivity contribution >= 4 is 11.7 Å². The van der Waals surface area contributed by atoms with Crippen LogP contribution in [-0.4, -0.2) is 23.0 Å². The van der Waals surface area contributed by atoms with Gasteiger partial charge in [0.05, 0.1) is 0 Å². The Balaban J connectivity index is 2.61. The molecule has 0 fully saturated rings. The van der Waals surface area contributed by atoms with E-state index in [0.29, 0.717) is 12.8 Å². The highest BCUT2D eigenvalue weighted by molar-refractivity contribution is 5.92. The minimum atomic E-state index is -0.285. The molecule has 1 aromatic heterocycles. The van der Waals surface area contributed by atoms with Gasteiger partial charge >= 0.3 is 0 Å². The first-order chi connectivity index (χ1) is 8.60. The number of oxime groups is 1. The number of furan rings is 1. The minimum absolute atomic E-state index is 0.0934. The molecule has 0 saturated carbocycles. The van der Waals surface area contributed by atoms with Gasteiger partial charge in [-0.25, -0.2) is 0 Å². The molecule has 0 spiro atoms. The molecule has 0 bridgehead atoms. The van der Waals surface area contributed by atoms with Gasteiger partial charge in [0.1, 0.15) is 11.6 Å². The summed E-state index contributed by atoms with van der Waals surface area (Å²) in [5.41, 5.74) is 5.41. The van der Waals surface area contributed by atoms with Gasteiger partial charge in [-0.1, -0.05) is 19.0 Å². The first-order valence-corrected chi connectivity index (χ1v) is 5.96. The second-order valence-corrected chi connectivity index (χ2v) is 3.99. The van der Waals surface area contributed by atoms with Crippen LogP contribution in [-0.2, 0) is 6.42 Å². The maximum absolute atomic E-state index is 11.9. The number of carbonyl (C=O) groups excluding carboxylic acids is 1. The summed E-state index contributed by atoms with van der Waals surface area (Å²) >= 11 is 0. The Hall–Kier alpha value is -1.98. The topological polar surface area (TPSA) is 101 Å². The van der Waals surface area contributed by atoms with E-state index in [1.54, 1.807) is 12.1 Å². The Kier molecular flexibility index (Phi) is 5.23. The van der Waals surface area contributed by atoms with Crippen molar-refractivity contribution in [2.45, 2.75) is 39.2 Å². The molecular weight excluding hydrogens is 234 g/mol. The molecule has 1 rings (SSSR count). The molecule has 4 N–H and O–H groups in total. The van der Waals surface area contributed by atoms with Crippen LogP contribution in [0, 0.1) is 0 Å². The van der Waals surface area contributed by atoms with Crippen molar-refractivity contribution < 1.29 is 14.4 Å². The molecule has 0 aliphatic rings. The molecule has 0 saturated heterocycles. The summed E-state index contributed by atoms with van der Waals surface area (Å²) in [6.45, 7) is 3.86. The van der Waals surface area contributed by atoms with Crippen LogP contribution in [0.4, 0.5) is 0 Å². The van der Waals surface area contributed by atoms with Crippen molar-refractivity contribution in [2.75, 3.05) is 0 Å². The molecule has 0 aliphatic heterocycles. The summed E-state index contributed by atoms with van der Waals surface area (Å²) in [7, 11) is 0. The summed E-state index contributed by atoms with van der Waals surface area (Å²) in [5, 5.41) is 14.2. The molecule has 6 heteroatoms. The molecule has 1 aromatic rings. The number of hydrogen-bond acceptors (Lipinski definition) is 4. The van der Waals surface area contributed by atoms with E-state index < -0.39 is 0 Å². The third-order valence-electron chi connectivity index (χ3n) is 2.65. The number of rotatable bonds is 6. The summed E-state index contributed by atoms with van der Waals surface area (Å²) in [6, 6.07) is 3.24. The van der Waals surface area contributed by atoms with Crippen LogP contribution in [0.1, 0.15) is 43.0 Å². The lowest BCUT2D eigenvalue weighted by Gasteiger charge is -2.15. The first-order valence-electron chi connectivity index (χ1n) is 5.96. The standard InChI is InChI=1S/C12H19N3O3/c1-3-8(7-11(13)15-17)14-12(16)10-6-5-9(4-2)18-10/h5-6,8,17H,3-4,7H2,1-2H3,(H2,13,15)(H,14,16). The monoisotopic (exact) mass is 253 g/mol. The highest BCUT2D eigenvalue weighted by Gasteiger charge is 2.16. The van der Waals surface area contributed by atoms with Crippen LogP contribution in [0.3, 0.4) is 0 Å². The fourth-order valence-electron chi connectivity index (χ4n) is 1.54. The van der Waals surface area contributed by atoms with Crippen LogP contribution in [0.25, 0.3) is 0 Å². The third kappa shape index (κ3) is 3.80. The lowest BCUT2D eigenvalue weighted by atomic mass is 10.1. The van der Waals surface area contributed by atoms with Gasteiger partial charge in [-0.2, -0.15) is 0 Å². The average molecular weight is 253 g/mol. The highest BCUT2D eigenvalue weighted by atomic mass is 16.4. The van der Waals surface area contributed by atoms with Crippen molar-refractivity contribution in [3.63, 3.8) is 0 Å². The summed E-state index contributed by atoms with van der Waals surface area (Å²) < 4.78 is 5.35. The second kappa shape index (κ2) is 6.68. The molecule has 0 aliphatic carbocycles. The van der Waals surface area contributed by atoms with E-state index in [0.717, 1.165) is 12.2 Å². The van der Waals surface area contributed by atoms with Crippen LogP contribution < -0.4 is 11.1 Å². The molecule has 1 atom stereocenters. The van der Waals surface area contributed by atoms with Crippen LogP contribution in [0.2, 0.25) is 0 Å². The van der Waals surface area contributed by atoms with Crippen molar-refractivity contribution in [1.82, 2.24) is 5.32 Å². The van der Waals surface area contributed by atoms with Gasteiger partial charge in [0.15, 0.2) is 5.76 Å². The normalized spacial score (nSPS) is 13.3. The Bertz CT molecular complexity index is 426. The quantitative estimate of drug-likeness (QED) is 0.309. The first kappa shape index (κ1) is 14.1. The summed E-state index contributed by atoms with van der Waals surface area (Å²) in [4.78, 5) is 11.9. The van der Waals surface area contributed by atoms with E-state index in [-0.39, 0.29) is 23.5 Å². The minimum Gasteiger partial charge on any atom is -0.456 e. The maximum Gasteiger partial charge on any atom is 0.287 e. The Morgan fingerprint density at radius 2 is 2.28 bits per heavy atom. The molecule has 100 valence electrons. The Morgan fingerprint density at radius 3 is 2.78 bits per heavy atom. The van der Waals surface area contributed by atoms with Crippen LogP contribution in [0.15, 0.2) is 21.7 Å². The van der Waals surface area contributed by atoms with Gasteiger partial charge in [-0.3, -0.25) is 4.79 Å². The molecule has 18 heavy (non-hydrogen) atoms. The SMILES string of the molecule is CCc1ccc(C(=O)NC(CC)CC(N)=NO)o1. The third-order valence-corrected chi connectivity index (χ3v) is 2.65.